The molecule has 1 aromatic rings. The highest BCUT2D eigenvalue weighted by molar-refractivity contribution is 7.11. The number of carbonyl (C=O) groups excluding carboxylic acids is 1. The smallest absolute Gasteiger partial charge is 0.258 e. The number of amides is 1. The van der Waals surface area contributed by atoms with E-state index in [-0.39, 0.29) is 5.91 Å². The monoisotopic (exact) mass is 282 g/mol. The molecule has 1 aromatic heterocycles. The quantitative estimate of drug-likeness (QED) is 0.751. The lowest BCUT2D eigenvalue weighted by molar-refractivity contribution is 0.0953. The van der Waals surface area contributed by atoms with Crippen molar-refractivity contribution in [1.29, 1.82) is 0 Å². The lowest BCUT2D eigenvalue weighted by Gasteiger charge is -2.10. The van der Waals surface area contributed by atoms with E-state index < -0.39 is 0 Å². The molecule has 2 aliphatic rings. The normalized spacial score (nSPS) is 22.4. The van der Waals surface area contributed by atoms with E-state index in [1.807, 2.05) is 0 Å². The van der Waals surface area contributed by atoms with Gasteiger partial charge in [0, 0.05) is 25.1 Å². The number of aromatic nitrogens is 1. The van der Waals surface area contributed by atoms with Gasteiger partial charge in [0.25, 0.3) is 5.91 Å². The molecule has 2 fully saturated rings. The van der Waals surface area contributed by atoms with Crippen LogP contribution in [-0.4, -0.2) is 36.1 Å². The van der Waals surface area contributed by atoms with E-state index in [9.17, 15) is 4.79 Å². The van der Waals surface area contributed by atoms with E-state index in [1.165, 1.54) is 11.5 Å². The predicted octanol–water partition coefficient (Wildman–Crippen LogP) is 1.07. The van der Waals surface area contributed by atoms with E-state index >= 15 is 0 Å². The van der Waals surface area contributed by atoms with Gasteiger partial charge in [-0.3, -0.25) is 4.79 Å². The van der Waals surface area contributed by atoms with Crippen molar-refractivity contribution >= 4 is 28.3 Å². The average Bonchev–Trinajstić information content (AvgIpc) is 2.92. The van der Waals surface area contributed by atoms with Gasteiger partial charge in [-0.05, 0) is 30.8 Å². The Morgan fingerprint density at radius 1 is 1.47 bits per heavy atom. The second-order valence-corrected chi connectivity index (χ2v) is 5.90. The van der Waals surface area contributed by atoms with Crippen molar-refractivity contribution in [2.45, 2.75) is 25.3 Å². The molecule has 0 radical (unpaired) electrons. The first kappa shape index (κ1) is 12.7. The molecule has 4 N–H and O–H groups in total. The fraction of sp³-hybridized carbons (Fsp3) is 0.667. The predicted molar refractivity (Wildman–Crippen MR) is 74.4 cm³/mol. The number of anilines is 2. The van der Waals surface area contributed by atoms with Crippen molar-refractivity contribution < 1.29 is 9.53 Å². The number of nitrogens with one attached hydrogen (secondary N) is 2. The molecule has 104 valence electrons. The van der Waals surface area contributed by atoms with Gasteiger partial charge in [0.1, 0.15) is 10.6 Å². The second kappa shape index (κ2) is 5.34. The van der Waals surface area contributed by atoms with Crippen LogP contribution < -0.4 is 16.4 Å². The van der Waals surface area contributed by atoms with E-state index in [1.54, 1.807) is 0 Å². The SMILES string of the molecule is Nc1nsc(NCC2CCOC2)c1C(=O)NC1CC1. The van der Waals surface area contributed by atoms with Gasteiger partial charge in [0.15, 0.2) is 5.82 Å². The molecule has 7 heteroatoms. The van der Waals surface area contributed by atoms with E-state index in [0.29, 0.717) is 23.3 Å². The Kier molecular flexibility index (Phi) is 3.56. The summed E-state index contributed by atoms with van der Waals surface area (Å²) in [6, 6.07) is 0.322. The summed E-state index contributed by atoms with van der Waals surface area (Å²) in [5.74, 6) is 0.704. The lowest BCUT2D eigenvalue weighted by atomic mass is 10.1. The van der Waals surface area contributed by atoms with Gasteiger partial charge in [-0.2, -0.15) is 4.37 Å². The van der Waals surface area contributed by atoms with Crippen molar-refractivity contribution in [2.75, 3.05) is 30.8 Å². The van der Waals surface area contributed by atoms with Gasteiger partial charge < -0.3 is 21.1 Å². The second-order valence-electron chi connectivity index (χ2n) is 5.13. The van der Waals surface area contributed by atoms with E-state index in [4.69, 9.17) is 10.5 Å². The molecule has 1 amide bonds. The number of rotatable bonds is 5. The van der Waals surface area contributed by atoms with E-state index in [0.717, 1.165) is 44.0 Å². The lowest BCUT2D eigenvalue weighted by Crippen LogP contribution is -2.27. The standard InChI is InChI=1S/C12H18N4O2S/c13-10-9(11(17)15-8-1-2-8)12(19-16-10)14-5-7-3-4-18-6-7/h7-8,14H,1-6H2,(H2,13,16)(H,15,17). The third kappa shape index (κ3) is 2.98. The molecule has 3 rings (SSSR count). The van der Waals surface area contributed by atoms with E-state index in [2.05, 4.69) is 15.0 Å². The Labute approximate surface area is 115 Å². The van der Waals surface area contributed by atoms with Gasteiger partial charge in [-0.25, -0.2) is 0 Å². The zero-order valence-electron chi connectivity index (χ0n) is 10.6. The van der Waals surface area contributed by atoms with Crippen molar-refractivity contribution in [2.24, 2.45) is 5.92 Å². The highest BCUT2D eigenvalue weighted by atomic mass is 32.1. The third-order valence-corrected chi connectivity index (χ3v) is 4.25. The maximum atomic E-state index is 12.1. The Morgan fingerprint density at radius 2 is 2.32 bits per heavy atom. The molecule has 0 bridgehead atoms. The highest BCUT2D eigenvalue weighted by Gasteiger charge is 2.27. The molecule has 1 aliphatic heterocycles. The summed E-state index contributed by atoms with van der Waals surface area (Å²) in [6.45, 7) is 2.41. The van der Waals surface area contributed by atoms with Crippen LogP contribution in [0.3, 0.4) is 0 Å². The van der Waals surface area contributed by atoms with Crippen LogP contribution in [0.25, 0.3) is 0 Å². The molecule has 1 saturated carbocycles. The van der Waals surface area contributed by atoms with Gasteiger partial charge in [-0.15, -0.1) is 0 Å². The minimum atomic E-state index is -0.112. The van der Waals surface area contributed by atoms with Crippen LogP contribution in [0, 0.1) is 5.92 Å². The zero-order chi connectivity index (χ0) is 13.2. The van der Waals surface area contributed by atoms with Crippen LogP contribution in [0.5, 0.6) is 0 Å². The molecule has 6 nitrogen and oxygen atoms in total. The molecular formula is C12H18N4O2S. The first-order valence-electron chi connectivity index (χ1n) is 6.61. The minimum absolute atomic E-state index is 0.112. The third-order valence-electron chi connectivity index (χ3n) is 3.43. The number of carbonyl (C=O) groups is 1. The molecule has 1 atom stereocenters. The van der Waals surface area contributed by atoms with Crippen LogP contribution >= 0.6 is 11.5 Å². The molecule has 0 spiro atoms. The molecule has 1 aliphatic carbocycles. The Balaban J connectivity index is 1.64. The first-order valence-corrected chi connectivity index (χ1v) is 7.39. The Hall–Kier alpha value is -1.34. The van der Waals surface area contributed by atoms with Crippen LogP contribution in [0.4, 0.5) is 10.8 Å². The fourth-order valence-electron chi connectivity index (χ4n) is 2.11. The van der Waals surface area contributed by atoms with Crippen LogP contribution in [0.15, 0.2) is 0 Å². The number of ether oxygens (including phenoxy) is 1. The van der Waals surface area contributed by atoms with Crippen molar-refractivity contribution in [3.8, 4) is 0 Å². The molecule has 0 aromatic carbocycles. The number of nitrogen functional groups attached to an aromatic ring is 1. The average molecular weight is 282 g/mol. The summed E-state index contributed by atoms with van der Waals surface area (Å²) < 4.78 is 9.41. The minimum Gasteiger partial charge on any atom is -0.382 e. The first-order chi connectivity index (χ1) is 9.24. The summed E-state index contributed by atoms with van der Waals surface area (Å²) in [6.07, 6.45) is 3.18. The van der Waals surface area contributed by atoms with Crippen molar-refractivity contribution in [1.82, 2.24) is 9.69 Å². The van der Waals surface area contributed by atoms with Gasteiger partial charge in [0.2, 0.25) is 0 Å². The molecule has 19 heavy (non-hydrogen) atoms. The molecule has 1 saturated heterocycles. The molecule has 1 unspecified atom stereocenters. The van der Waals surface area contributed by atoms with Crippen LogP contribution in [0.2, 0.25) is 0 Å². The topological polar surface area (TPSA) is 89.3 Å². The fourth-order valence-corrected chi connectivity index (χ4v) is 2.83. The maximum Gasteiger partial charge on any atom is 0.258 e. The number of hydrogen-bond donors (Lipinski definition) is 3. The Bertz CT molecular complexity index is 466. The summed E-state index contributed by atoms with van der Waals surface area (Å²) in [7, 11) is 0. The Morgan fingerprint density at radius 3 is 3.00 bits per heavy atom. The van der Waals surface area contributed by atoms with Crippen molar-refractivity contribution in [3.63, 3.8) is 0 Å². The number of hydrogen-bond acceptors (Lipinski definition) is 6. The number of nitrogens with zero attached hydrogens (tertiary/aromatic N) is 1. The van der Waals surface area contributed by atoms with Gasteiger partial charge >= 0.3 is 0 Å². The number of nitrogens with two attached hydrogens (primary N) is 1. The summed E-state index contributed by atoms with van der Waals surface area (Å²) in [5.41, 5.74) is 6.29. The van der Waals surface area contributed by atoms with Gasteiger partial charge in [0.05, 0.1) is 6.61 Å². The van der Waals surface area contributed by atoms with Crippen LogP contribution in [-0.2, 0) is 4.74 Å². The van der Waals surface area contributed by atoms with Gasteiger partial charge in [-0.1, -0.05) is 0 Å². The summed E-state index contributed by atoms with van der Waals surface area (Å²) in [4.78, 5) is 12.1. The largest absolute Gasteiger partial charge is 0.382 e. The molecule has 2 heterocycles. The summed E-state index contributed by atoms with van der Waals surface area (Å²) in [5, 5.41) is 7.00. The van der Waals surface area contributed by atoms with Crippen LogP contribution in [0.1, 0.15) is 29.6 Å². The van der Waals surface area contributed by atoms with Crippen molar-refractivity contribution in [3.05, 3.63) is 5.56 Å². The maximum absolute atomic E-state index is 12.1. The highest BCUT2D eigenvalue weighted by Crippen LogP contribution is 2.29. The molecular weight excluding hydrogens is 264 g/mol. The summed E-state index contributed by atoms with van der Waals surface area (Å²) >= 11 is 1.25. The zero-order valence-corrected chi connectivity index (χ0v) is 11.5.